The third kappa shape index (κ3) is 7.19. The predicted molar refractivity (Wildman–Crippen MR) is 74.7 cm³/mol. The van der Waals surface area contributed by atoms with E-state index in [0.29, 0.717) is 26.1 Å². The molecule has 0 fully saturated rings. The van der Waals surface area contributed by atoms with Gasteiger partial charge in [0.1, 0.15) is 0 Å². The first-order valence-electron chi connectivity index (χ1n) is 7.34. The molecule has 0 amide bonds. The van der Waals surface area contributed by atoms with Gasteiger partial charge in [-0.25, -0.2) is 0 Å². The Morgan fingerprint density at radius 3 is 1.42 bits per heavy atom. The molecule has 0 aliphatic heterocycles. The minimum absolute atomic E-state index is 0.214. The average molecular weight is 272 g/mol. The molecule has 0 bridgehead atoms. The zero-order valence-corrected chi connectivity index (χ0v) is 12.8. The normalized spacial score (nSPS) is 11.2. The molecule has 0 saturated heterocycles. The van der Waals surface area contributed by atoms with Gasteiger partial charge in [-0.05, 0) is 32.1 Å². The molecule has 4 nitrogen and oxygen atoms in total. The first-order valence-corrected chi connectivity index (χ1v) is 7.34. The number of hydrogen-bond donors (Lipinski definition) is 0. The van der Waals surface area contributed by atoms with E-state index in [1.807, 2.05) is 0 Å². The second-order valence-corrected chi connectivity index (χ2v) is 4.96. The highest BCUT2D eigenvalue weighted by atomic mass is 16.5. The van der Waals surface area contributed by atoms with Crippen molar-refractivity contribution in [3.63, 3.8) is 0 Å². The van der Waals surface area contributed by atoms with E-state index in [4.69, 9.17) is 9.47 Å². The van der Waals surface area contributed by atoms with Crippen molar-refractivity contribution in [2.75, 3.05) is 13.2 Å². The van der Waals surface area contributed by atoms with E-state index in [9.17, 15) is 9.59 Å². The molecule has 0 radical (unpaired) electrons. The lowest BCUT2D eigenvalue weighted by Gasteiger charge is -2.31. The van der Waals surface area contributed by atoms with Gasteiger partial charge in [0.05, 0.1) is 26.1 Å². The van der Waals surface area contributed by atoms with Crippen LogP contribution in [0.25, 0.3) is 0 Å². The molecule has 0 aromatic rings. The minimum atomic E-state index is -0.304. The van der Waals surface area contributed by atoms with Gasteiger partial charge in [-0.3, -0.25) is 9.59 Å². The molecule has 19 heavy (non-hydrogen) atoms. The van der Waals surface area contributed by atoms with E-state index in [2.05, 4.69) is 13.8 Å². The first kappa shape index (κ1) is 17.9. The van der Waals surface area contributed by atoms with Gasteiger partial charge in [0.15, 0.2) is 0 Å². The van der Waals surface area contributed by atoms with Crippen LogP contribution in [0, 0.1) is 5.41 Å². The summed E-state index contributed by atoms with van der Waals surface area (Å²) in [6, 6.07) is 0. The minimum Gasteiger partial charge on any atom is -0.466 e. The molecule has 112 valence electrons. The maximum atomic E-state index is 11.8. The summed E-state index contributed by atoms with van der Waals surface area (Å²) < 4.78 is 10.1. The summed E-state index contributed by atoms with van der Waals surface area (Å²) >= 11 is 0. The number of esters is 2. The van der Waals surface area contributed by atoms with Gasteiger partial charge >= 0.3 is 11.9 Å². The SMILES string of the molecule is CCCC(CCC)(CC(=O)OCC)CC(=O)OCC. The molecule has 0 N–H and O–H groups in total. The van der Waals surface area contributed by atoms with E-state index in [-0.39, 0.29) is 17.4 Å². The molecule has 0 aromatic carbocycles. The van der Waals surface area contributed by atoms with Crippen LogP contribution < -0.4 is 0 Å². The third-order valence-corrected chi connectivity index (χ3v) is 3.21. The van der Waals surface area contributed by atoms with Crippen LogP contribution in [0.15, 0.2) is 0 Å². The summed E-state index contributed by atoms with van der Waals surface area (Å²) in [7, 11) is 0. The number of rotatable bonds is 10. The van der Waals surface area contributed by atoms with Gasteiger partial charge in [-0.2, -0.15) is 0 Å². The molecule has 0 saturated carbocycles. The molecule has 0 atom stereocenters. The van der Waals surface area contributed by atoms with E-state index in [1.165, 1.54) is 0 Å². The summed E-state index contributed by atoms with van der Waals surface area (Å²) in [6.07, 6.45) is 4.19. The predicted octanol–water partition coefficient (Wildman–Crippen LogP) is 3.48. The summed E-state index contributed by atoms with van der Waals surface area (Å²) in [6.45, 7) is 8.50. The smallest absolute Gasteiger partial charge is 0.306 e. The second-order valence-electron chi connectivity index (χ2n) is 4.96. The third-order valence-electron chi connectivity index (χ3n) is 3.21. The van der Waals surface area contributed by atoms with Gasteiger partial charge < -0.3 is 9.47 Å². The Bertz CT molecular complexity index is 245. The highest BCUT2D eigenvalue weighted by Crippen LogP contribution is 2.38. The van der Waals surface area contributed by atoms with Crippen LogP contribution in [0.1, 0.15) is 66.2 Å². The second kappa shape index (κ2) is 9.82. The van der Waals surface area contributed by atoms with Crippen LogP contribution in [0.4, 0.5) is 0 Å². The molecule has 0 rings (SSSR count). The van der Waals surface area contributed by atoms with Crippen LogP contribution in [0.5, 0.6) is 0 Å². The quantitative estimate of drug-likeness (QED) is 0.571. The lowest BCUT2D eigenvalue weighted by molar-refractivity contribution is -0.150. The molecular formula is C15H28O4. The van der Waals surface area contributed by atoms with Crippen LogP contribution in [0.2, 0.25) is 0 Å². The topological polar surface area (TPSA) is 52.6 Å². The summed E-state index contributed by atoms with van der Waals surface area (Å²) in [4.78, 5) is 23.5. The highest BCUT2D eigenvalue weighted by molar-refractivity contribution is 5.74. The monoisotopic (exact) mass is 272 g/mol. The fourth-order valence-electron chi connectivity index (χ4n) is 2.64. The van der Waals surface area contributed by atoms with Crippen molar-refractivity contribution in [2.24, 2.45) is 5.41 Å². The largest absolute Gasteiger partial charge is 0.466 e. The molecule has 0 aromatic heterocycles. The summed E-state index contributed by atoms with van der Waals surface area (Å²) in [5.74, 6) is -0.428. The number of carbonyl (C=O) groups is 2. The Balaban J connectivity index is 4.83. The van der Waals surface area contributed by atoms with Crippen molar-refractivity contribution in [1.82, 2.24) is 0 Å². The van der Waals surface area contributed by atoms with Gasteiger partial charge in [-0.1, -0.05) is 26.7 Å². The van der Waals surface area contributed by atoms with Crippen LogP contribution in [-0.4, -0.2) is 25.2 Å². The Morgan fingerprint density at radius 2 is 1.16 bits per heavy atom. The summed E-state index contributed by atoms with van der Waals surface area (Å²) in [5, 5.41) is 0. The fraction of sp³-hybridized carbons (Fsp3) is 0.867. The number of carbonyl (C=O) groups excluding carboxylic acids is 2. The maximum Gasteiger partial charge on any atom is 0.306 e. The van der Waals surface area contributed by atoms with Crippen molar-refractivity contribution in [3.8, 4) is 0 Å². The molecule has 4 heteroatoms. The van der Waals surface area contributed by atoms with E-state index >= 15 is 0 Å². The van der Waals surface area contributed by atoms with Crippen LogP contribution in [-0.2, 0) is 19.1 Å². The van der Waals surface area contributed by atoms with Crippen molar-refractivity contribution in [2.45, 2.75) is 66.2 Å². The number of hydrogen-bond acceptors (Lipinski definition) is 4. The zero-order valence-electron chi connectivity index (χ0n) is 12.8. The van der Waals surface area contributed by atoms with E-state index < -0.39 is 0 Å². The van der Waals surface area contributed by atoms with Gasteiger partial charge in [-0.15, -0.1) is 0 Å². The Kier molecular flexibility index (Phi) is 9.27. The molecule has 0 unspecified atom stereocenters. The Hall–Kier alpha value is -1.06. The summed E-state index contributed by atoms with van der Waals surface area (Å²) in [5.41, 5.74) is -0.304. The lowest BCUT2D eigenvalue weighted by atomic mass is 9.74. The molecule has 0 aliphatic rings. The Morgan fingerprint density at radius 1 is 0.789 bits per heavy atom. The van der Waals surface area contributed by atoms with Crippen LogP contribution in [0.3, 0.4) is 0 Å². The van der Waals surface area contributed by atoms with Gasteiger partial charge in [0.2, 0.25) is 0 Å². The standard InChI is InChI=1S/C15H28O4/c1-5-9-15(10-6-2,11-13(16)18-7-3)12-14(17)19-8-4/h5-12H2,1-4H3. The molecule has 0 aliphatic carbocycles. The number of ether oxygens (including phenoxy) is 2. The van der Waals surface area contributed by atoms with E-state index in [0.717, 1.165) is 25.7 Å². The molecular weight excluding hydrogens is 244 g/mol. The van der Waals surface area contributed by atoms with Crippen molar-refractivity contribution in [3.05, 3.63) is 0 Å². The van der Waals surface area contributed by atoms with Crippen molar-refractivity contribution < 1.29 is 19.1 Å². The lowest BCUT2D eigenvalue weighted by Crippen LogP contribution is -2.29. The Labute approximate surface area is 116 Å². The molecule has 0 spiro atoms. The van der Waals surface area contributed by atoms with Crippen LogP contribution >= 0.6 is 0 Å². The van der Waals surface area contributed by atoms with Gasteiger partial charge in [0, 0.05) is 0 Å². The van der Waals surface area contributed by atoms with Gasteiger partial charge in [0.25, 0.3) is 0 Å². The highest BCUT2D eigenvalue weighted by Gasteiger charge is 2.34. The first-order chi connectivity index (χ1) is 9.03. The van der Waals surface area contributed by atoms with Crippen molar-refractivity contribution in [1.29, 1.82) is 0 Å². The van der Waals surface area contributed by atoms with Crippen molar-refractivity contribution >= 4 is 11.9 Å². The van der Waals surface area contributed by atoms with E-state index in [1.54, 1.807) is 13.8 Å². The maximum absolute atomic E-state index is 11.8. The molecule has 0 heterocycles. The zero-order chi connectivity index (χ0) is 14.7. The average Bonchev–Trinajstić information content (AvgIpc) is 2.29. The fourth-order valence-corrected chi connectivity index (χ4v) is 2.64.